The first-order valence-electron chi connectivity index (χ1n) is 8.93. The molecule has 0 aromatic rings. The number of nitrogens with two attached hydrogens (primary N) is 1. The Morgan fingerprint density at radius 2 is 1.20 bits per heavy atom. The van der Waals surface area contributed by atoms with E-state index in [2.05, 4.69) is 27.7 Å². The van der Waals surface area contributed by atoms with Crippen molar-refractivity contribution in [2.45, 2.75) is 110 Å². The van der Waals surface area contributed by atoms with Gasteiger partial charge in [-0.15, -0.1) is 12.4 Å². The van der Waals surface area contributed by atoms with Crippen LogP contribution in [0.3, 0.4) is 0 Å². The van der Waals surface area contributed by atoms with Gasteiger partial charge in [0.1, 0.15) is 0 Å². The number of halogens is 1. The molecule has 0 saturated heterocycles. The Balaban J connectivity index is 0. The molecule has 0 fully saturated rings. The second-order valence-electron chi connectivity index (χ2n) is 6.31. The Bertz CT molecular complexity index is 190. The molecule has 0 aliphatic carbocycles. The normalized spacial score (nSPS) is 13.1. The van der Waals surface area contributed by atoms with E-state index < -0.39 is 0 Å². The van der Waals surface area contributed by atoms with Crippen LogP contribution in [0.5, 0.6) is 0 Å². The van der Waals surface area contributed by atoms with E-state index in [4.69, 9.17) is 5.73 Å². The lowest BCUT2D eigenvalue weighted by molar-refractivity contribution is 0.225. The maximum Gasteiger partial charge on any atom is 0.0177 e. The largest absolute Gasteiger partial charge is 0.325 e. The summed E-state index contributed by atoms with van der Waals surface area (Å²) in [4.78, 5) is 0. The summed E-state index contributed by atoms with van der Waals surface area (Å²) >= 11 is 0. The fourth-order valence-electron chi connectivity index (χ4n) is 3.25. The van der Waals surface area contributed by atoms with Gasteiger partial charge in [-0.25, -0.2) is 0 Å². The van der Waals surface area contributed by atoms with Gasteiger partial charge in [0.15, 0.2) is 0 Å². The van der Waals surface area contributed by atoms with Gasteiger partial charge in [0.25, 0.3) is 0 Å². The monoisotopic (exact) mass is 305 g/mol. The molecule has 0 amide bonds. The van der Waals surface area contributed by atoms with Gasteiger partial charge in [-0.05, 0) is 25.2 Å². The molecule has 0 radical (unpaired) electrons. The summed E-state index contributed by atoms with van der Waals surface area (Å²) in [6.07, 6.45) is 16.1. The topological polar surface area (TPSA) is 26.0 Å². The molecule has 124 valence electrons. The van der Waals surface area contributed by atoms with Crippen molar-refractivity contribution in [2.75, 3.05) is 0 Å². The van der Waals surface area contributed by atoms with Crippen LogP contribution < -0.4 is 5.73 Å². The predicted molar refractivity (Wildman–Crippen MR) is 95.8 cm³/mol. The van der Waals surface area contributed by atoms with Gasteiger partial charge in [-0.1, -0.05) is 85.5 Å². The molecular weight excluding hydrogens is 266 g/mol. The minimum absolute atomic E-state index is 0. The zero-order valence-electron chi connectivity index (χ0n) is 14.5. The van der Waals surface area contributed by atoms with E-state index in [-0.39, 0.29) is 17.9 Å². The second-order valence-corrected chi connectivity index (χ2v) is 6.31. The minimum Gasteiger partial charge on any atom is -0.325 e. The zero-order valence-corrected chi connectivity index (χ0v) is 15.4. The molecule has 0 aliphatic heterocycles. The van der Waals surface area contributed by atoms with Crippen LogP contribution >= 0.6 is 12.4 Å². The van der Waals surface area contributed by atoms with Crippen molar-refractivity contribution >= 4 is 12.4 Å². The summed E-state index contributed by atoms with van der Waals surface area (Å²) in [6, 6.07) is 0. The Kier molecular flexibility index (Phi) is 16.0. The van der Waals surface area contributed by atoms with Crippen LogP contribution in [0.25, 0.3) is 0 Å². The highest BCUT2D eigenvalue weighted by Gasteiger charge is 2.29. The van der Waals surface area contributed by atoms with Crippen molar-refractivity contribution in [3.63, 3.8) is 0 Å². The Morgan fingerprint density at radius 1 is 0.750 bits per heavy atom. The van der Waals surface area contributed by atoms with Crippen LogP contribution in [0.4, 0.5) is 0 Å². The fourth-order valence-corrected chi connectivity index (χ4v) is 3.25. The summed E-state index contributed by atoms with van der Waals surface area (Å²) in [6.45, 7) is 9.09. The summed E-state index contributed by atoms with van der Waals surface area (Å²) in [5.74, 6) is 0.725. The lowest BCUT2D eigenvalue weighted by atomic mass is 9.76. The molecule has 0 saturated carbocycles. The molecule has 0 aromatic heterocycles. The van der Waals surface area contributed by atoms with Gasteiger partial charge in [0.2, 0.25) is 0 Å². The Hall–Kier alpha value is 0.250. The molecule has 1 nitrogen and oxygen atoms in total. The highest BCUT2D eigenvalue weighted by Crippen LogP contribution is 2.30. The van der Waals surface area contributed by atoms with Crippen LogP contribution in [-0.4, -0.2) is 5.54 Å². The van der Waals surface area contributed by atoms with Crippen LogP contribution in [-0.2, 0) is 0 Å². The van der Waals surface area contributed by atoms with E-state index in [1.165, 1.54) is 64.2 Å². The van der Waals surface area contributed by atoms with Gasteiger partial charge in [0.05, 0.1) is 0 Å². The van der Waals surface area contributed by atoms with Crippen molar-refractivity contribution in [1.82, 2.24) is 0 Å². The van der Waals surface area contributed by atoms with E-state index >= 15 is 0 Å². The predicted octanol–water partition coefficient (Wildman–Crippen LogP) is 6.48. The summed E-state index contributed by atoms with van der Waals surface area (Å²) in [5.41, 5.74) is 6.64. The first-order valence-corrected chi connectivity index (χ1v) is 8.93. The van der Waals surface area contributed by atoms with E-state index in [1.807, 2.05) is 0 Å². The van der Waals surface area contributed by atoms with Crippen LogP contribution in [0.15, 0.2) is 0 Å². The third-order valence-electron chi connectivity index (χ3n) is 5.03. The van der Waals surface area contributed by atoms with Gasteiger partial charge >= 0.3 is 0 Å². The van der Waals surface area contributed by atoms with Crippen molar-refractivity contribution in [3.05, 3.63) is 0 Å². The molecule has 1 atom stereocenters. The first kappa shape index (κ1) is 22.5. The highest BCUT2D eigenvalue weighted by molar-refractivity contribution is 5.85. The maximum absolute atomic E-state index is 6.55. The first-order chi connectivity index (χ1) is 9.14. The molecule has 0 bridgehead atoms. The lowest BCUT2D eigenvalue weighted by Gasteiger charge is -2.36. The maximum atomic E-state index is 6.55. The van der Waals surface area contributed by atoms with Crippen LogP contribution in [0, 0.1) is 5.92 Å². The van der Waals surface area contributed by atoms with Crippen molar-refractivity contribution in [3.8, 4) is 0 Å². The summed E-state index contributed by atoms with van der Waals surface area (Å²) < 4.78 is 0. The average molecular weight is 306 g/mol. The third-order valence-corrected chi connectivity index (χ3v) is 5.03. The van der Waals surface area contributed by atoms with Crippen molar-refractivity contribution < 1.29 is 0 Å². The Labute approximate surface area is 134 Å². The number of hydrogen-bond acceptors (Lipinski definition) is 1. The molecule has 0 aromatic carbocycles. The van der Waals surface area contributed by atoms with Crippen LogP contribution in [0.2, 0.25) is 0 Å². The molecule has 2 N–H and O–H groups in total. The van der Waals surface area contributed by atoms with Gasteiger partial charge < -0.3 is 5.73 Å². The van der Waals surface area contributed by atoms with Crippen LogP contribution in [0.1, 0.15) is 105 Å². The molecule has 2 heteroatoms. The van der Waals surface area contributed by atoms with Gasteiger partial charge in [-0.3, -0.25) is 0 Å². The SMILES string of the molecule is CCCCCCCCCCC(CC)C(N)(CC)CC.Cl. The molecule has 20 heavy (non-hydrogen) atoms. The zero-order chi connectivity index (χ0) is 14.6. The second kappa shape index (κ2) is 14.2. The van der Waals surface area contributed by atoms with Gasteiger partial charge in [-0.2, -0.15) is 0 Å². The number of rotatable bonds is 13. The fraction of sp³-hybridized carbons (Fsp3) is 1.00. The van der Waals surface area contributed by atoms with E-state index in [0.29, 0.717) is 0 Å². The van der Waals surface area contributed by atoms with E-state index in [9.17, 15) is 0 Å². The van der Waals surface area contributed by atoms with E-state index in [0.717, 1.165) is 18.8 Å². The molecule has 0 rings (SSSR count). The quantitative estimate of drug-likeness (QED) is 0.387. The molecule has 1 unspecified atom stereocenters. The van der Waals surface area contributed by atoms with Gasteiger partial charge in [0, 0.05) is 5.54 Å². The van der Waals surface area contributed by atoms with Crippen molar-refractivity contribution in [2.24, 2.45) is 11.7 Å². The smallest absolute Gasteiger partial charge is 0.0177 e. The summed E-state index contributed by atoms with van der Waals surface area (Å²) in [5, 5.41) is 0. The molecular formula is C18H40ClN. The molecule has 0 spiro atoms. The average Bonchev–Trinajstić information content (AvgIpc) is 2.45. The standard InChI is InChI=1S/C18H39N.ClH/c1-5-9-10-11-12-13-14-15-16-17(6-2)18(19,7-3)8-4;/h17H,5-16,19H2,1-4H3;1H. The number of unbranched alkanes of at least 4 members (excludes halogenated alkanes) is 7. The molecule has 0 heterocycles. The summed E-state index contributed by atoms with van der Waals surface area (Å²) in [7, 11) is 0. The van der Waals surface area contributed by atoms with Crippen molar-refractivity contribution in [1.29, 1.82) is 0 Å². The highest BCUT2D eigenvalue weighted by atomic mass is 35.5. The lowest BCUT2D eigenvalue weighted by Crippen LogP contribution is -2.45. The third kappa shape index (κ3) is 9.23. The van der Waals surface area contributed by atoms with E-state index in [1.54, 1.807) is 0 Å². The number of hydrogen-bond donors (Lipinski definition) is 1. The molecule has 0 aliphatic rings. The Morgan fingerprint density at radius 3 is 1.60 bits per heavy atom. The minimum atomic E-state index is 0.